The Morgan fingerprint density at radius 3 is 2.86 bits per heavy atom. The lowest BCUT2D eigenvalue weighted by molar-refractivity contribution is 0.353. The molecule has 0 aliphatic carbocycles. The van der Waals surface area contributed by atoms with Crippen LogP contribution in [0, 0.1) is 5.92 Å². The fraction of sp³-hybridized carbons (Fsp3) is 0.320. The van der Waals surface area contributed by atoms with Gasteiger partial charge in [0.05, 0.1) is 16.1 Å². The Labute approximate surface area is 176 Å². The SMILES string of the molecule is c1ccc2sc(-c3cc(NCCCC4CCCNC4)c4ccccc4n3)cc2c1. The lowest BCUT2D eigenvalue weighted by Gasteiger charge is -2.22. The van der Waals surface area contributed by atoms with Gasteiger partial charge < -0.3 is 10.6 Å². The minimum atomic E-state index is 0.842. The first-order valence-electron chi connectivity index (χ1n) is 10.7. The van der Waals surface area contributed by atoms with E-state index >= 15 is 0 Å². The number of pyridine rings is 1. The first kappa shape index (κ1) is 18.6. The summed E-state index contributed by atoms with van der Waals surface area (Å²) in [5.41, 5.74) is 3.31. The predicted octanol–water partition coefficient (Wildman–Crippen LogP) is 6.31. The van der Waals surface area contributed by atoms with Gasteiger partial charge in [0, 0.05) is 22.3 Å². The minimum Gasteiger partial charge on any atom is -0.384 e. The van der Waals surface area contributed by atoms with Crippen molar-refractivity contribution in [2.45, 2.75) is 25.7 Å². The summed E-state index contributed by atoms with van der Waals surface area (Å²) < 4.78 is 1.31. The van der Waals surface area contributed by atoms with E-state index in [1.165, 1.54) is 64.8 Å². The van der Waals surface area contributed by atoms with Gasteiger partial charge in [0.15, 0.2) is 0 Å². The Bertz CT molecular complexity index is 1080. The fourth-order valence-electron chi connectivity index (χ4n) is 4.34. The van der Waals surface area contributed by atoms with Gasteiger partial charge in [-0.25, -0.2) is 4.98 Å². The average Bonchev–Trinajstić information content (AvgIpc) is 3.21. The van der Waals surface area contributed by atoms with Crippen LogP contribution in [0.4, 0.5) is 5.69 Å². The van der Waals surface area contributed by atoms with Crippen LogP contribution in [0.1, 0.15) is 25.7 Å². The van der Waals surface area contributed by atoms with Gasteiger partial charge >= 0.3 is 0 Å². The van der Waals surface area contributed by atoms with E-state index in [0.29, 0.717) is 0 Å². The molecule has 1 atom stereocenters. The first-order valence-corrected chi connectivity index (χ1v) is 11.5. The number of benzene rings is 2. The van der Waals surface area contributed by atoms with Gasteiger partial charge in [-0.2, -0.15) is 0 Å². The van der Waals surface area contributed by atoms with Crippen molar-refractivity contribution in [2.75, 3.05) is 25.0 Å². The Morgan fingerprint density at radius 2 is 1.97 bits per heavy atom. The van der Waals surface area contributed by atoms with Gasteiger partial charge in [-0.3, -0.25) is 0 Å². The Balaban J connectivity index is 1.38. The average molecular weight is 402 g/mol. The lowest BCUT2D eigenvalue weighted by Crippen LogP contribution is -2.29. The Kier molecular flexibility index (Phi) is 5.46. The zero-order valence-electron chi connectivity index (χ0n) is 16.7. The molecule has 0 amide bonds. The summed E-state index contributed by atoms with van der Waals surface area (Å²) in [6.07, 6.45) is 5.21. The van der Waals surface area contributed by atoms with E-state index in [2.05, 4.69) is 71.3 Å². The zero-order chi connectivity index (χ0) is 19.5. The van der Waals surface area contributed by atoms with E-state index in [1.54, 1.807) is 0 Å². The normalized spacial score (nSPS) is 17.0. The van der Waals surface area contributed by atoms with E-state index < -0.39 is 0 Å². The van der Waals surface area contributed by atoms with Crippen LogP contribution in [-0.2, 0) is 0 Å². The molecule has 4 aromatic rings. The van der Waals surface area contributed by atoms with Crippen molar-refractivity contribution in [3.8, 4) is 10.6 Å². The van der Waals surface area contributed by atoms with E-state index in [1.807, 2.05) is 11.3 Å². The molecule has 0 saturated carbocycles. The smallest absolute Gasteiger partial charge is 0.0830 e. The van der Waals surface area contributed by atoms with Crippen LogP contribution in [0.2, 0.25) is 0 Å². The summed E-state index contributed by atoms with van der Waals surface area (Å²) in [6, 6.07) is 21.5. The molecule has 1 aliphatic heterocycles. The molecule has 29 heavy (non-hydrogen) atoms. The molecule has 3 nitrogen and oxygen atoms in total. The zero-order valence-corrected chi connectivity index (χ0v) is 17.5. The van der Waals surface area contributed by atoms with Crippen LogP contribution in [-0.4, -0.2) is 24.6 Å². The number of hydrogen-bond acceptors (Lipinski definition) is 4. The molecule has 1 fully saturated rings. The summed E-state index contributed by atoms with van der Waals surface area (Å²) in [7, 11) is 0. The minimum absolute atomic E-state index is 0.842. The van der Waals surface area contributed by atoms with Gasteiger partial charge in [0.2, 0.25) is 0 Å². The predicted molar refractivity (Wildman–Crippen MR) is 126 cm³/mol. The Hall–Kier alpha value is -2.43. The third-order valence-corrected chi connectivity index (χ3v) is 7.04. The number of thiophene rings is 1. The van der Waals surface area contributed by atoms with Gasteiger partial charge in [-0.05, 0) is 74.3 Å². The summed E-state index contributed by atoms with van der Waals surface area (Å²) in [4.78, 5) is 6.20. The van der Waals surface area contributed by atoms with Gasteiger partial charge in [0.25, 0.3) is 0 Å². The van der Waals surface area contributed by atoms with Crippen molar-refractivity contribution in [3.63, 3.8) is 0 Å². The molecular formula is C25H27N3S. The molecule has 1 saturated heterocycles. The maximum absolute atomic E-state index is 4.97. The molecule has 5 rings (SSSR count). The number of para-hydroxylation sites is 1. The summed E-state index contributed by atoms with van der Waals surface area (Å²) >= 11 is 1.82. The largest absolute Gasteiger partial charge is 0.384 e. The number of fused-ring (bicyclic) bond motifs is 2. The monoisotopic (exact) mass is 401 g/mol. The second-order valence-electron chi connectivity index (χ2n) is 8.00. The molecule has 148 valence electrons. The second-order valence-corrected chi connectivity index (χ2v) is 9.09. The van der Waals surface area contributed by atoms with E-state index in [9.17, 15) is 0 Å². The van der Waals surface area contributed by atoms with Crippen LogP contribution in [0.5, 0.6) is 0 Å². The topological polar surface area (TPSA) is 37.0 Å². The van der Waals surface area contributed by atoms with Crippen molar-refractivity contribution in [1.82, 2.24) is 10.3 Å². The summed E-state index contributed by atoms with van der Waals surface area (Å²) in [5, 5.41) is 9.74. The van der Waals surface area contributed by atoms with Crippen LogP contribution >= 0.6 is 11.3 Å². The van der Waals surface area contributed by atoms with E-state index in [4.69, 9.17) is 4.98 Å². The van der Waals surface area contributed by atoms with E-state index in [-0.39, 0.29) is 0 Å². The fourth-order valence-corrected chi connectivity index (χ4v) is 5.36. The third-order valence-electron chi connectivity index (χ3n) is 5.90. The highest BCUT2D eigenvalue weighted by atomic mass is 32.1. The molecule has 3 heterocycles. The van der Waals surface area contributed by atoms with Crippen LogP contribution in [0.3, 0.4) is 0 Å². The highest BCUT2D eigenvalue weighted by Crippen LogP contribution is 2.35. The second kappa shape index (κ2) is 8.52. The molecule has 4 heteroatoms. The van der Waals surface area contributed by atoms with Crippen LogP contribution in [0.15, 0.2) is 60.7 Å². The molecule has 2 aromatic heterocycles. The standard InChI is InChI=1S/C25H27N3S/c1-4-12-24-19(9-1)15-25(29-24)23-16-22(20-10-2-3-11-21(20)28-23)27-14-6-8-18-7-5-13-26-17-18/h1-4,9-12,15-16,18,26H,5-8,13-14,17H2,(H,27,28). The maximum Gasteiger partial charge on any atom is 0.0830 e. The molecule has 0 radical (unpaired) electrons. The maximum atomic E-state index is 4.97. The highest BCUT2D eigenvalue weighted by Gasteiger charge is 2.13. The van der Waals surface area contributed by atoms with Crippen LogP contribution in [0.25, 0.3) is 31.6 Å². The number of anilines is 1. The van der Waals surface area contributed by atoms with Crippen molar-refractivity contribution in [1.29, 1.82) is 0 Å². The van der Waals surface area contributed by atoms with E-state index in [0.717, 1.165) is 23.7 Å². The number of aromatic nitrogens is 1. The lowest BCUT2D eigenvalue weighted by atomic mass is 9.95. The molecule has 0 bridgehead atoms. The number of nitrogens with one attached hydrogen (secondary N) is 2. The van der Waals surface area contributed by atoms with Crippen molar-refractivity contribution < 1.29 is 0 Å². The third kappa shape index (κ3) is 4.14. The molecule has 1 aliphatic rings. The van der Waals surface area contributed by atoms with Gasteiger partial charge in [-0.15, -0.1) is 11.3 Å². The number of rotatable bonds is 6. The quantitative estimate of drug-likeness (QED) is 0.372. The highest BCUT2D eigenvalue weighted by molar-refractivity contribution is 7.22. The molecule has 1 unspecified atom stereocenters. The summed E-state index contributed by atoms with van der Waals surface area (Å²) in [6.45, 7) is 3.39. The van der Waals surface area contributed by atoms with Crippen molar-refractivity contribution >= 4 is 38.0 Å². The van der Waals surface area contributed by atoms with Crippen LogP contribution < -0.4 is 10.6 Å². The molecular weight excluding hydrogens is 374 g/mol. The first-order chi connectivity index (χ1) is 14.4. The summed E-state index contributed by atoms with van der Waals surface area (Å²) in [5.74, 6) is 0.842. The molecule has 0 spiro atoms. The van der Waals surface area contributed by atoms with Crippen molar-refractivity contribution in [2.24, 2.45) is 5.92 Å². The Morgan fingerprint density at radius 1 is 1.07 bits per heavy atom. The number of nitrogens with zero attached hydrogens (tertiary/aromatic N) is 1. The molecule has 2 N–H and O–H groups in total. The number of hydrogen-bond donors (Lipinski definition) is 2. The number of piperidine rings is 1. The molecule has 2 aromatic carbocycles. The van der Waals surface area contributed by atoms with Gasteiger partial charge in [-0.1, -0.05) is 36.4 Å². The van der Waals surface area contributed by atoms with Gasteiger partial charge in [0.1, 0.15) is 0 Å². The van der Waals surface area contributed by atoms with Crippen molar-refractivity contribution in [3.05, 3.63) is 60.7 Å².